The van der Waals surface area contributed by atoms with Crippen molar-refractivity contribution in [2.24, 2.45) is 0 Å². The fourth-order valence-corrected chi connectivity index (χ4v) is 3.32. The minimum atomic E-state index is -0.894. The molecule has 2 rings (SSSR count). The molecule has 0 aliphatic carbocycles. The van der Waals surface area contributed by atoms with Gasteiger partial charge in [0.1, 0.15) is 16.8 Å². The number of ether oxygens (including phenoxy) is 3. The highest BCUT2D eigenvalue weighted by atomic mass is 127. The summed E-state index contributed by atoms with van der Waals surface area (Å²) in [7, 11) is 0. The number of carbonyl (C=O) groups excluding carboxylic acids is 3. The molecule has 0 atom stereocenters. The molecule has 0 spiro atoms. The van der Waals surface area contributed by atoms with Gasteiger partial charge in [0.25, 0.3) is 0 Å². The molecule has 0 aliphatic rings. The fourth-order valence-electron chi connectivity index (χ4n) is 2.55. The number of carbonyl (C=O) groups is 3. The van der Waals surface area contributed by atoms with Gasteiger partial charge in [-0.3, -0.25) is 0 Å². The summed E-state index contributed by atoms with van der Waals surface area (Å²) in [6.45, 7) is 15.5. The van der Waals surface area contributed by atoms with Crippen molar-refractivity contribution in [2.75, 3.05) is 4.90 Å². The lowest BCUT2D eigenvalue weighted by Crippen LogP contribution is -2.43. The maximum Gasteiger partial charge on any atom is 0.424 e. The van der Waals surface area contributed by atoms with Crippen molar-refractivity contribution in [3.8, 4) is 0 Å². The predicted octanol–water partition coefficient (Wildman–Crippen LogP) is 6.10. The molecule has 10 heteroatoms. The summed E-state index contributed by atoms with van der Waals surface area (Å²) in [5.74, 6) is 0. The Balaban J connectivity index is 2.53. The third kappa shape index (κ3) is 6.81. The summed E-state index contributed by atoms with van der Waals surface area (Å²) < 4.78 is 18.2. The quantitative estimate of drug-likeness (QED) is 0.308. The zero-order chi connectivity index (χ0) is 24.6. The van der Waals surface area contributed by atoms with Crippen LogP contribution in [0.1, 0.15) is 62.3 Å². The van der Waals surface area contributed by atoms with Crippen molar-refractivity contribution in [2.45, 2.75) is 79.1 Å². The second kappa shape index (κ2) is 8.87. The monoisotopic (exact) mass is 559 g/mol. The largest absolute Gasteiger partial charge is 0.443 e. The molecule has 0 bridgehead atoms. The second-order valence-electron chi connectivity index (χ2n) is 10.2. The Morgan fingerprint density at radius 3 is 1.75 bits per heavy atom. The Kier molecular flexibility index (Phi) is 7.18. The number of aromatic nitrogens is 2. The van der Waals surface area contributed by atoms with Crippen LogP contribution in [0.2, 0.25) is 0 Å². The van der Waals surface area contributed by atoms with Gasteiger partial charge in [-0.1, -0.05) is 0 Å². The third-order valence-electron chi connectivity index (χ3n) is 3.57. The maximum atomic E-state index is 12.9. The number of imide groups is 1. The van der Waals surface area contributed by atoms with Gasteiger partial charge in [0.05, 0.1) is 15.6 Å². The summed E-state index contributed by atoms with van der Waals surface area (Å²) in [6, 6.07) is 3.28. The molecule has 0 saturated carbocycles. The number of fused-ring (bicyclic) bond motifs is 1. The van der Waals surface area contributed by atoms with Crippen LogP contribution in [0.4, 0.5) is 20.1 Å². The lowest BCUT2D eigenvalue weighted by molar-refractivity contribution is 0.0428. The van der Waals surface area contributed by atoms with E-state index in [-0.39, 0.29) is 5.69 Å². The number of pyridine rings is 1. The third-order valence-corrected chi connectivity index (χ3v) is 4.36. The van der Waals surface area contributed by atoms with Gasteiger partial charge < -0.3 is 14.2 Å². The highest BCUT2D eigenvalue weighted by Gasteiger charge is 2.33. The molecule has 0 N–H and O–H groups in total. The highest BCUT2D eigenvalue weighted by molar-refractivity contribution is 14.1. The Bertz CT molecular complexity index is 1010. The van der Waals surface area contributed by atoms with Crippen LogP contribution in [-0.4, -0.2) is 44.6 Å². The van der Waals surface area contributed by atoms with E-state index >= 15 is 0 Å². The topological polar surface area (TPSA) is 100.0 Å². The number of amides is 2. The normalized spacial score (nSPS) is 12.4. The molecule has 0 saturated heterocycles. The van der Waals surface area contributed by atoms with Gasteiger partial charge >= 0.3 is 18.3 Å². The average molecular weight is 559 g/mol. The molecule has 2 heterocycles. The number of anilines is 1. The molecule has 2 aromatic heterocycles. The van der Waals surface area contributed by atoms with Crippen molar-refractivity contribution < 1.29 is 28.6 Å². The molecule has 32 heavy (non-hydrogen) atoms. The van der Waals surface area contributed by atoms with Crippen molar-refractivity contribution in [3.63, 3.8) is 0 Å². The van der Waals surface area contributed by atoms with Crippen molar-refractivity contribution in [1.29, 1.82) is 0 Å². The number of hydrogen-bond acceptors (Lipinski definition) is 7. The van der Waals surface area contributed by atoms with Crippen LogP contribution >= 0.6 is 22.6 Å². The first-order chi connectivity index (χ1) is 14.4. The van der Waals surface area contributed by atoms with Crippen LogP contribution in [-0.2, 0) is 14.2 Å². The first-order valence-corrected chi connectivity index (χ1v) is 11.1. The van der Waals surface area contributed by atoms with Crippen molar-refractivity contribution in [3.05, 3.63) is 22.0 Å². The van der Waals surface area contributed by atoms with Crippen LogP contribution in [0.3, 0.4) is 0 Å². The maximum absolute atomic E-state index is 12.9. The molecule has 176 valence electrons. The van der Waals surface area contributed by atoms with Gasteiger partial charge in [-0.25, -0.2) is 23.9 Å². The van der Waals surface area contributed by atoms with Gasteiger partial charge in [-0.15, -0.1) is 0 Å². The van der Waals surface area contributed by atoms with Gasteiger partial charge in [-0.2, -0.15) is 4.90 Å². The lowest BCUT2D eigenvalue weighted by Gasteiger charge is -2.28. The molecule has 9 nitrogen and oxygen atoms in total. The van der Waals surface area contributed by atoms with Crippen molar-refractivity contribution in [1.82, 2.24) is 9.55 Å². The SMILES string of the molecule is CC(C)(C)OC(=O)N(C(=O)OC(C)(C)C)c1cnc2c(c1)cc(I)n2C(=O)OC(C)(C)C. The Hall–Kier alpha value is -2.37. The fraction of sp³-hybridized carbons (Fsp3) is 0.545. The molecule has 0 unspecified atom stereocenters. The van der Waals surface area contributed by atoms with E-state index in [0.29, 0.717) is 14.7 Å². The van der Waals surface area contributed by atoms with Crippen LogP contribution in [0.15, 0.2) is 18.3 Å². The van der Waals surface area contributed by atoms with Crippen LogP contribution in [0.5, 0.6) is 0 Å². The van der Waals surface area contributed by atoms with E-state index in [1.165, 1.54) is 10.8 Å². The molecular formula is C22H30IN3O6. The standard InChI is InChI=1S/C22H30IN3O6/c1-20(2,3)30-17(27)25(18(28)31-21(4,5)6)14-10-13-11-15(23)26(16(13)24-12-14)19(29)32-22(7,8)9/h10-12H,1-9H3. The van der Waals surface area contributed by atoms with Gasteiger partial charge in [-0.05, 0) is 97.0 Å². The van der Waals surface area contributed by atoms with E-state index in [1.54, 1.807) is 74.4 Å². The smallest absolute Gasteiger partial charge is 0.424 e. The first-order valence-electron chi connectivity index (χ1n) is 10.0. The summed E-state index contributed by atoms with van der Waals surface area (Å²) in [4.78, 5) is 43.5. The van der Waals surface area contributed by atoms with E-state index in [1.807, 2.05) is 22.6 Å². The molecule has 2 amide bonds. The average Bonchev–Trinajstić information content (AvgIpc) is 2.84. The second-order valence-corrected chi connectivity index (χ2v) is 11.3. The van der Waals surface area contributed by atoms with Gasteiger partial charge in [0, 0.05) is 5.39 Å². The Morgan fingerprint density at radius 1 is 0.844 bits per heavy atom. The van der Waals surface area contributed by atoms with E-state index in [9.17, 15) is 14.4 Å². The minimum Gasteiger partial charge on any atom is -0.443 e. The van der Waals surface area contributed by atoms with E-state index in [2.05, 4.69) is 4.98 Å². The Morgan fingerprint density at radius 2 is 1.31 bits per heavy atom. The van der Waals surface area contributed by atoms with E-state index in [4.69, 9.17) is 14.2 Å². The molecular weight excluding hydrogens is 529 g/mol. The molecule has 0 fully saturated rings. The highest BCUT2D eigenvalue weighted by Crippen LogP contribution is 2.28. The first kappa shape index (κ1) is 25.9. The number of halogens is 1. The minimum absolute atomic E-state index is 0.152. The lowest BCUT2D eigenvalue weighted by atomic mass is 10.2. The van der Waals surface area contributed by atoms with E-state index < -0.39 is 35.1 Å². The van der Waals surface area contributed by atoms with Gasteiger partial charge in [0.2, 0.25) is 0 Å². The number of hydrogen-bond donors (Lipinski definition) is 0. The number of nitrogens with zero attached hydrogens (tertiary/aromatic N) is 3. The number of rotatable bonds is 1. The Labute approximate surface area is 201 Å². The zero-order valence-corrected chi connectivity index (χ0v) is 22.1. The van der Waals surface area contributed by atoms with Gasteiger partial charge in [0.15, 0.2) is 5.65 Å². The molecule has 0 aliphatic heterocycles. The zero-order valence-electron chi connectivity index (χ0n) is 19.9. The summed E-state index contributed by atoms with van der Waals surface area (Å²) in [5.41, 5.74) is -1.85. The summed E-state index contributed by atoms with van der Waals surface area (Å²) in [5, 5.41) is 0.537. The van der Waals surface area contributed by atoms with E-state index in [0.717, 1.165) is 4.90 Å². The molecule has 0 radical (unpaired) electrons. The van der Waals surface area contributed by atoms with Crippen LogP contribution < -0.4 is 4.90 Å². The van der Waals surface area contributed by atoms with Crippen LogP contribution in [0.25, 0.3) is 11.0 Å². The summed E-state index contributed by atoms with van der Waals surface area (Å²) in [6.07, 6.45) is -1.05. The summed E-state index contributed by atoms with van der Waals surface area (Å²) >= 11 is 2.00. The van der Waals surface area contributed by atoms with Crippen molar-refractivity contribution >= 4 is 57.6 Å². The predicted molar refractivity (Wildman–Crippen MR) is 129 cm³/mol. The molecule has 2 aromatic rings. The van der Waals surface area contributed by atoms with Crippen LogP contribution in [0, 0.1) is 3.70 Å². The molecule has 0 aromatic carbocycles.